The second-order valence-electron chi connectivity index (χ2n) is 1.95. The van der Waals surface area contributed by atoms with Gasteiger partial charge in [-0.3, -0.25) is 0 Å². The van der Waals surface area contributed by atoms with Gasteiger partial charge in [0.25, 0.3) is 0 Å². The molecule has 0 aliphatic heterocycles. The molecule has 0 aliphatic rings. The Bertz CT molecular complexity index is 334. The van der Waals surface area contributed by atoms with Crippen molar-refractivity contribution in [2.75, 3.05) is 0 Å². The van der Waals surface area contributed by atoms with Crippen LogP contribution in [0.5, 0.6) is 0 Å². The average Bonchev–Trinajstić information content (AvgIpc) is 2.03. The van der Waals surface area contributed by atoms with Crippen molar-refractivity contribution in [3.8, 4) is 6.07 Å². The number of rotatable bonds is 0. The summed E-state index contributed by atoms with van der Waals surface area (Å²) in [6.45, 7) is 0. The standard InChI is InChI=1S/C7H2F3N2.ClH.Mg/c8-7(9,10)5-2-1-3-12-6(5)4-11;;/h1-2H;1H;/q-1;;+2/p-1. The molecule has 0 fully saturated rings. The quantitative estimate of drug-likeness (QED) is 0.398. The molecule has 0 bridgehead atoms. The summed E-state index contributed by atoms with van der Waals surface area (Å²) in [5.41, 5.74) is -1.67. The maximum absolute atomic E-state index is 12.0. The summed E-state index contributed by atoms with van der Waals surface area (Å²) in [5.74, 6) is 0. The topological polar surface area (TPSA) is 36.7 Å². The van der Waals surface area contributed by atoms with Crippen molar-refractivity contribution in [1.29, 1.82) is 5.26 Å². The van der Waals surface area contributed by atoms with E-state index in [-0.39, 0.29) is 35.5 Å². The molecule has 0 unspecified atom stereocenters. The van der Waals surface area contributed by atoms with Gasteiger partial charge in [0.05, 0.1) is 6.07 Å². The number of pyridine rings is 1. The minimum Gasteiger partial charge on any atom is -1.00 e. The first-order valence-corrected chi connectivity index (χ1v) is 2.90. The van der Waals surface area contributed by atoms with E-state index in [4.69, 9.17) is 5.26 Å². The predicted molar refractivity (Wildman–Crippen MR) is 38.5 cm³/mol. The van der Waals surface area contributed by atoms with Crippen LogP contribution in [0.4, 0.5) is 13.2 Å². The first-order chi connectivity index (χ1) is 5.55. The predicted octanol–water partition coefficient (Wildman–Crippen LogP) is -1.60. The molecule has 14 heavy (non-hydrogen) atoms. The Labute approximate surface area is 101 Å². The molecule has 0 saturated carbocycles. The third kappa shape index (κ3) is 3.70. The zero-order valence-electron chi connectivity index (χ0n) is 6.77. The largest absolute Gasteiger partial charge is 2.00 e. The van der Waals surface area contributed by atoms with Gasteiger partial charge in [-0.2, -0.15) is 25.3 Å². The first kappa shape index (κ1) is 15.9. The average molecular weight is 231 g/mol. The van der Waals surface area contributed by atoms with Crippen molar-refractivity contribution in [2.24, 2.45) is 0 Å². The van der Waals surface area contributed by atoms with Crippen molar-refractivity contribution in [2.45, 2.75) is 6.18 Å². The fraction of sp³-hybridized carbons (Fsp3) is 0.143. The van der Waals surface area contributed by atoms with Gasteiger partial charge in [-0.05, 0) is 5.56 Å². The Morgan fingerprint density at radius 3 is 2.36 bits per heavy atom. The Morgan fingerprint density at radius 2 is 2.00 bits per heavy atom. The minimum atomic E-state index is -4.52. The van der Waals surface area contributed by atoms with E-state index in [0.29, 0.717) is 0 Å². The number of hydrogen-bond acceptors (Lipinski definition) is 2. The summed E-state index contributed by atoms with van der Waals surface area (Å²) in [5, 5.41) is 8.25. The number of aromatic nitrogens is 1. The summed E-state index contributed by atoms with van der Waals surface area (Å²) in [6.07, 6.45) is -2.37. The molecule has 1 rings (SSSR count). The zero-order chi connectivity index (χ0) is 9.19. The number of halogens is 4. The van der Waals surface area contributed by atoms with E-state index in [1.807, 2.05) is 0 Å². The molecule has 0 atom stereocenters. The molecule has 70 valence electrons. The van der Waals surface area contributed by atoms with Crippen LogP contribution in [0.3, 0.4) is 0 Å². The first-order valence-electron chi connectivity index (χ1n) is 2.90. The summed E-state index contributed by atoms with van der Waals surface area (Å²) in [7, 11) is 0. The van der Waals surface area contributed by atoms with Crippen molar-refractivity contribution in [3.63, 3.8) is 0 Å². The SMILES string of the molecule is N#Cc1n[c-]ccc1C(F)(F)F.[Cl-].[Mg+2]. The van der Waals surface area contributed by atoms with Gasteiger partial charge >= 0.3 is 29.2 Å². The van der Waals surface area contributed by atoms with Gasteiger partial charge in [0.2, 0.25) is 0 Å². The van der Waals surface area contributed by atoms with Gasteiger partial charge in [-0.1, -0.05) is 6.20 Å². The molecular weight excluding hydrogens is 229 g/mol. The summed E-state index contributed by atoms with van der Waals surface area (Å²) < 4.78 is 36.1. The smallest absolute Gasteiger partial charge is 1.00 e. The van der Waals surface area contributed by atoms with Crippen molar-refractivity contribution < 1.29 is 25.6 Å². The molecule has 0 saturated heterocycles. The van der Waals surface area contributed by atoms with Gasteiger partial charge in [0.15, 0.2) is 0 Å². The Hall–Kier alpha value is -0.514. The van der Waals surface area contributed by atoms with E-state index < -0.39 is 17.4 Å². The second-order valence-corrected chi connectivity index (χ2v) is 1.95. The third-order valence-corrected chi connectivity index (χ3v) is 1.17. The minimum absolute atomic E-state index is 0. The van der Waals surface area contributed by atoms with E-state index in [0.717, 1.165) is 12.1 Å². The van der Waals surface area contributed by atoms with E-state index >= 15 is 0 Å². The van der Waals surface area contributed by atoms with Gasteiger partial charge in [-0.25, -0.2) is 5.26 Å². The number of nitrogens with zero attached hydrogens (tertiary/aromatic N) is 2. The summed E-state index contributed by atoms with van der Waals surface area (Å²) in [6, 6.07) is 3.13. The maximum atomic E-state index is 12.0. The monoisotopic (exact) mass is 230 g/mol. The molecule has 2 nitrogen and oxygen atoms in total. The van der Waals surface area contributed by atoms with Crippen LogP contribution in [0.1, 0.15) is 11.3 Å². The Morgan fingerprint density at radius 1 is 1.43 bits per heavy atom. The number of nitriles is 1. The molecule has 0 aromatic carbocycles. The molecule has 0 radical (unpaired) electrons. The normalized spacial score (nSPS) is 9.29. The van der Waals surface area contributed by atoms with Crippen LogP contribution < -0.4 is 12.4 Å². The van der Waals surface area contributed by atoms with Gasteiger partial charge in [-0.15, -0.1) is 0 Å². The molecular formula is C7H2ClF3MgN2. The third-order valence-electron chi connectivity index (χ3n) is 1.17. The summed E-state index contributed by atoms with van der Waals surface area (Å²) in [4.78, 5) is 3.16. The van der Waals surface area contributed by atoms with Crippen LogP contribution in [0.15, 0.2) is 12.1 Å². The van der Waals surface area contributed by atoms with Crippen LogP contribution in [-0.4, -0.2) is 28.0 Å². The van der Waals surface area contributed by atoms with Gasteiger partial charge in [0, 0.05) is 5.69 Å². The molecule has 0 amide bonds. The summed E-state index contributed by atoms with van der Waals surface area (Å²) >= 11 is 0. The zero-order valence-corrected chi connectivity index (χ0v) is 8.94. The fourth-order valence-electron chi connectivity index (χ4n) is 0.676. The Balaban J connectivity index is 0. The number of hydrogen-bond donors (Lipinski definition) is 0. The molecule has 7 heteroatoms. The van der Waals surface area contributed by atoms with Crippen molar-refractivity contribution in [3.05, 3.63) is 29.6 Å². The van der Waals surface area contributed by atoms with E-state index in [2.05, 4.69) is 11.2 Å². The fourth-order valence-corrected chi connectivity index (χ4v) is 0.676. The number of alkyl halides is 3. The molecule has 1 aromatic rings. The van der Waals surface area contributed by atoms with E-state index in [9.17, 15) is 13.2 Å². The van der Waals surface area contributed by atoms with Crippen LogP contribution in [0, 0.1) is 17.5 Å². The van der Waals surface area contributed by atoms with Crippen LogP contribution in [0.25, 0.3) is 0 Å². The molecule has 0 aliphatic carbocycles. The molecule has 1 heterocycles. The van der Waals surface area contributed by atoms with Crippen molar-refractivity contribution in [1.82, 2.24) is 4.98 Å². The molecule has 1 aromatic heterocycles. The van der Waals surface area contributed by atoms with E-state index in [1.165, 1.54) is 6.07 Å². The maximum Gasteiger partial charge on any atom is 2.00 e. The van der Waals surface area contributed by atoms with Crippen LogP contribution in [0.2, 0.25) is 0 Å². The second kappa shape index (κ2) is 6.06. The van der Waals surface area contributed by atoms with Crippen molar-refractivity contribution >= 4 is 23.1 Å². The van der Waals surface area contributed by atoms with Gasteiger partial charge < -0.3 is 17.4 Å². The van der Waals surface area contributed by atoms with Crippen LogP contribution in [-0.2, 0) is 6.18 Å². The molecule has 0 N–H and O–H groups in total. The van der Waals surface area contributed by atoms with Crippen LogP contribution >= 0.6 is 0 Å². The molecule has 0 spiro atoms. The Kier molecular flexibility index (Phi) is 6.90. The van der Waals surface area contributed by atoms with E-state index in [1.54, 1.807) is 0 Å². The van der Waals surface area contributed by atoms with Gasteiger partial charge in [0.1, 0.15) is 0 Å².